The predicted octanol–water partition coefficient (Wildman–Crippen LogP) is 0.660. The summed E-state index contributed by atoms with van der Waals surface area (Å²) in [5.41, 5.74) is -0.761. The zero-order valence-corrected chi connectivity index (χ0v) is 7.60. The van der Waals surface area contributed by atoms with E-state index in [1.54, 1.807) is 13.8 Å². The Bertz CT molecular complexity index is 260. The minimum absolute atomic E-state index is 0.0880. The van der Waals surface area contributed by atoms with E-state index in [0.29, 0.717) is 0 Å². The first-order chi connectivity index (χ1) is 4.77. The van der Waals surface area contributed by atoms with Crippen LogP contribution >= 0.6 is 0 Å². The molecule has 0 unspecified atom stereocenters. The Kier molecular flexibility index (Phi) is 3.02. The van der Waals surface area contributed by atoms with Gasteiger partial charge in [0, 0.05) is 13.8 Å². The zero-order chi connectivity index (χ0) is 9.12. The first-order valence-corrected chi connectivity index (χ1v) is 4.81. The molecule has 0 radical (unpaired) electrons. The van der Waals surface area contributed by atoms with Crippen molar-refractivity contribution in [3.63, 3.8) is 0 Å². The Morgan fingerprint density at radius 1 is 1.55 bits per heavy atom. The molecular formula is C6H11NO3S. The van der Waals surface area contributed by atoms with Gasteiger partial charge in [-0.2, -0.15) is 8.42 Å². The normalized spacial score (nSPS) is 12.5. The maximum Gasteiger partial charge on any atom is 0.264 e. The Morgan fingerprint density at radius 2 is 2.00 bits per heavy atom. The molecule has 4 nitrogen and oxygen atoms in total. The molecule has 0 atom stereocenters. The zero-order valence-electron chi connectivity index (χ0n) is 6.79. The third-order valence-electron chi connectivity index (χ3n) is 0.929. The average molecular weight is 177 g/mol. The van der Waals surface area contributed by atoms with E-state index in [9.17, 15) is 8.42 Å². The summed E-state index contributed by atoms with van der Waals surface area (Å²) < 4.78 is 25.4. The van der Waals surface area contributed by atoms with Crippen LogP contribution in [0.25, 0.3) is 4.85 Å². The third kappa shape index (κ3) is 5.83. The number of hydrogen-bond acceptors (Lipinski definition) is 3. The first-order valence-electron chi connectivity index (χ1n) is 3.00. The highest BCUT2D eigenvalue weighted by Crippen LogP contribution is 2.09. The number of hydrogen-bond donors (Lipinski definition) is 0. The van der Waals surface area contributed by atoms with Crippen molar-refractivity contribution in [1.29, 1.82) is 0 Å². The van der Waals surface area contributed by atoms with Gasteiger partial charge < -0.3 is 4.85 Å². The van der Waals surface area contributed by atoms with E-state index in [4.69, 9.17) is 6.57 Å². The average Bonchev–Trinajstić information content (AvgIpc) is 1.83. The van der Waals surface area contributed by atoms with Crippen molar-refractivity contribution in [2.24, 2.45) is 0 Å². The smallest absolute Gasteiger partial charge is 0.264 e. The molecule has 0 aliphatic heterocycles. The van der Waals surface area contributed by atoms with Gasteiger partial charge in [0.15, 0.2) is 0 Å². The van der Waals surface area contributed by atoms with E-state index in [0.717, 1.165) is 6.26 Å². The molecule has 0 amide bonds. The van der Waals surface area contributed by atoms with Crippen molar-refractivity contribution in [1.82, 2.24) is 0 Å². The van der Waals surface area contributed by atoms with Gasteiger partial charge in [0.25, 0.3) is 15.7 Å². The van der Waals surface area contributed by atoms with Crippen LogP contribution in [-0.2, 0) is 14.3 Å². The van der Waals surface area contributed by atoms with Crippen LogP contribution in [0.3, 0.4) is 0 Å². The van der Waals surface area contributed by atoms with Gasteiger partial charge in [-0.25, -0.2) is 6.57 Å². The first kappa shape index (κ1) is 10.4. The monoisotopic (exact) mass is 177 g/mol. The van der Waals surface area contributed by atoms with Crippen LogP contribution in [0.5, 0.6) is 0 Å². The van der Waals surface area contributed by atoms with Gasteiger partial charge in [0.05, 0.1) is 6.26 Å². The fraction of sp³-hybridized carbons (Fsp3) is 0.833. The Labute approximate surface area is 67.1 Å². The van der Waals surface area contributed by atoms with E-state index >= 15 is 0 Å². The molecule has 0 spiro atoms. The molecule has 0 aromatic rings. The molecule has 0 N–H and O–H groups in total. The summed E-state index contributed by atoms with van der Waals surface area (Å²) in [7, 11) is -3.41. The van der Waals surface area contributed by atoms with Crippen LogP contribution in [0.4, 0.5) is 0 Å². The van der Waals surface area contributed by atoms with E-state index in [1.165, 1.54) is 0 Å². The third-order valence-corrected chi connectivity index (χ3v) is 1.47. The van der Waals surface area contributed by atoms with Crippen LogP contribution in [0.1, 0.15) is 13.8 Å². The summed E-state index contributed by atoms with van der Waals surface area (Å²) in [6, 6.07) is 0. The van der Waals surface area contributed by atoms with Gasteiger partial charge >= 0.3 is 0 Å². The van der Waals surface area contributed by atoms with Crippen molar-refractivity contribution >= 4 is 10.1 Å². The molecule has 0 rings (SSSR count). The summed E-state index contributed by atoms with van der Waals surface area (Å²) in [4.78, 5) is 3.18. The lowest BCUT2D eigenvalue weighted by molar-refractivity contribution is 0.273. The summed E-state index contributed by atoms with van der Waals surface area (Å²) in [6.45, 7) is 9.81. The Balaban J connectivity index is 4.03. The highest BCUT2D eigenvalue weighted by molar-refractivity contribution is 7.85. The Morgan fingerprint density at radius 3 is 2.27 bits per heavy atom. The Hall–Kier alpha value is -0.600. The summed E-state index contributed by atoms with van der Waals surface area (Å²) in [5.74, 6) is 0. The second kappa shape index (κ2) is 3.20. The van der Waals surface area contributed by atoms with Crippen molar-refractivity contribution in [2.45, 2.75) is 19.4 Å². The molecule has 0 fully saturated rings. The number of rotatable bonds is 3. The van der Waals surface area contributed by atoms with Crippen molar-refractivity contribution < 1.29 is 12.6 Å². The number of nitrogens with zero attached hydrogens (tertiary/aromatic N) is 1. The minimum atomic E-state index is -3.41. The van der Waals surface area contributed by atoms with Gasteiger partial charge in [-0.05, 0) is 0 Å². The van der Waals surface area contributed by atoms with Gasteiger partial charge in [0.1, 0.15) is 6.61 Å². The fourth-order valence-electron chi connectivity index (χ4n) is 0.284. The van der Waals surface area contributed by atoms with Crippen LogP contribution < -0.4 is 0 Å². The largest absolute Gasteiger partial charge is 0.308 e. The highest BCUT2D eigenvalue weighted by Gasteiger charge is 2.25. The molecule has 0 aliphatic rings. The summed E-state index contributed by atoms with van der Waals surface area (Å²) in [6.07, 6.45) is 0.965. The molecule has 0 saturated carbocycles. The van der Waals surface area contributed by atoms with Gasteiger partial charge in [-0.15, -0.1) is 0 Å². The highest BCUT2D eigenvalue weighted by atomic mass is 32.2. The SMILES string of the molecule is [C-]#[N+]C(C)(C)COS(C)(=O)=O. The summed E-state index contributed by atoms with van der Waals surface area (Å²) in [5, 5.41) is 0. The van der Waals surface area contributed by atoms with Crippen molar-refractivity contribution in [3.8, 4) is 0 Å². The van der Waals surface area contributed by atoms with E-state index in [-0.39, 0.29) is 6.61 Å². The summed E-state index contributed by atoms with van der Waals surface area (Å²) >= 11 is 0. The van der Waals surface area contributed by atoms with Crippen molar-refractivity contribution in [2.75, 3.05) is 12.9 Å². The quantitative estimate of drug-likeness (QED) is 0.470. The van der Waals surface area contributed by atoms with Crippen LogP contribution in [0.15, 0.2) is 0 Å². The lowest BCUT2D eigenvalue weighted by Gasteiger charge is -2.09. The molecule has 0 heterocycles. The minimum Gasteiger partial charge on any atom is -0.308 e. The maximum absolute atomic E-state index is 10.5. The molecule has 0 aromatic heterocycles. The predicted molar refractivity (Wildman–Crippen MR) is 41.5 cm³/mol. The molecule has 0 aromatic carbocycles. The topological polar surface area (TPSA) is 47.7 Å². The van der Waals surface area contributed by atoms with Crippen LogP contribution in [0.2, 0.25) is 0 Å². The van der Waals surface area contributed by atoms with Gasteiger partial charge in [-0.1, -0.05) is 0 Å². The molecule has 0 aliphatic carbocycles. The van der Waals surface area contributed by atoms with Crippen molar-refractivity contribution in [3.05, 3.63) is 11.4 Å². The second-order valence-electron chi connectivity index (χ2n) is 2.89. The molecule has 0 bridgehead atoms. The molecule has 64 valence electrons. The van der Waals surface area contributed by atoms with E-state index in [2.05, 4.69) is 9.03 Å². The molecule has 5 heteroatoms. The van der Waals surface area contributed by atoms with E-state index in [1.807, 2.05) is 0 Å². The lowest BCUT2D eigenvalue weighted by atomic mass is 10.1. The van der Waals surface area contributed by atoms with Crippen LogP contribution in [-0.4, -0.2) is 26.8 Å². The maximum atomic E-state index is 10.5. The molecule has 11 heavy (non-hydrogen) atoms. The standard InChI is InChI=1S/C6H11NO3S/c1-6(2,7-3)5-10-11(4,8)9/h5H2,1-2,4H3. The lowest BCUT2D eigenvalue weighted by Crippen LogP contribution is -2.24. The fourth-order valence-corrected chi connectivity index (χ4v) is 0.786. The van der Waals surface area contributed by atoms with Crippen LogP contribution in [0, 0.1) is 6.57 Å². The van der Waals surface area contributed by atoms with E-state index < -0.39 is 15.7 Å². The van der Waals surface area contributed by atoms with Gasteiger partial charge in [0.2, 0.25) is 0 Å². The molecular weight excluding hydrogens is 166 g/mol. The second-order valence-corrected chi connectivity index (χ2v) is 4.53. The molecule has 0 saturated heterocycles. The van der Waals surface area contributed by atoms with Gasteiger partial charge in [-0.3, -0.25) is 4.18 Å².